The number of nitrogens with zero attached hydrogens (tertiary/aromatic N) is 2. The molecule has 0 aliphatic rings. The summed E-state index contributed by atoms with van der Waals surface area (Å²) in [6.07, 6.45) is 5.53. The van der Waals surface area contributed by atoms with Crippen LogP contribution in [0.5, 0.6) is 5.75 Å². The number of imidazole rings is 1. The number of carbonyl (C=O) groups excluding carboxylic acids is 1. The zero-order valence-corrected chi connectivity index (χ0v) is 14.1. The first kappa shape index (κ1) is 16.4. The van der Waals surface area contributed by atoms with Gasteiger partial charge < -0.3 is 14.6 Å². The summed E-state index contributed by atoms with van der Waals surface area (Å²) in [7, 11) is 3.55. The Morgan fingerprint density at radius 1 is 1.36 bits per heavy atom. The summed E-state index contributed by atoms with van der Waals surface area (Å²) >= 11 is 1.52. The van der Waals surface area contributed by atoms with Gasteiger partial charge in [-0.25, -0.2) is 4.98 Å². The van der Waals surface area contributed by atoms with Crippen LogP contribution in [0.3, 0.4) is 0 Å². The number of thioether (sulfide) groups is 1. The minimum absolute atomic E-state index is 0.00341. The second-order valence-electron chi connectivity index (χ2n) is 4.99. The summed E-state index contributed by atoms with van der Waals surface area (Å²) in [4.78, 5) is 16.7. The number of aromatic nitrogens is 2. The van der Waals surface area contributed by atoms with E-state index in [-0.39, 0.29) is 17.2 Å². The molecule has 0 aliphatic heterocycles. The van der Waals surface area contributed by atoms with Crippen molar-refractivity contribution in [1.29, 1.82) is 0 Å². The molecule has 0 radical (unpaired) electrons. The molecule has 2 aromatic rings. The highest BCUT2D eigenvalue weighted by atomic mass is 32.2. The van der Waals surface area contributed by atoms with Crippen LogP contribution in [0.1, 0.15) is 24.4 Å². The molecule has 1 aromatic heterocycles. The van der Waals surface area contributed by atoms with Crippen LogP contribution in [-0.2, 0) is 11.8 Å². The van der Waals surface area contributed by atoms with Crippen LogP contribution in [0.2, 0.25) is 0 Å². The standard InChI is InChI=1S/C16H21N3O2S/c1-11(22-4)16(20)18-14(15-17-9-10-19(15)2)12-5-7-13(21-3)8-6-12/h5-11,14H,1-4H3,(H,18,20)/t11-,14+/m1/s1. The van der Waals surface area contributed by atoms with Gasteiger partial charge in [-0.05, 0) is 30.9 Å². The molecule has 0 unspecified atom stereocenters. The average Bonchev–Trinajstić information content (AvgIpc) is 2.97. The van der Waals surface area contributed by atoms with Gasteiger partial charge in [0.25, 0.3) is 0 Å². The lowest BCUT2D eigenvalue weighted by molar-refractivity contribution is -0.120. The molecule has 0 fully saturated rings. The number of amides is 1. The van der Waals surface area contributed by atoms with Crippen molar-refractivity contribution in [2.45, 2.75) is 18.2 Å². The van der Waals surface area contributed by atoms with Crippen molar-refractivity contribution in [3.63, 3.8) is 0 Å². The molecule has 1 heterocycles. The van der Waals surface area contributed by atoms with Crippen LogP contribution in [0.15, 0.2) is 36.7 Å². The Bertz CT molecular complexity index is 625. The zero-order chi connectivity index (χ0) is 16.1. The molecular weight excluding hydrogens is 298 g/mol. The van der Waals surface area contributed by atoms with Gasteiger partial charge in [-0.3, -0.25) is 4.79 Å². The normalized spacial score (nSPS) is 13.5. The second-order valence-corrected chi connectivity index (χ2v) is 6.17. The molecule has 22 heavy (non-hydrogen) atoms. The maximum atomic E-state index is 12.3. The summed E-state index contributed by atoms with van der Waals surface area (Å²) in [5, 5.41) is 2.97. The Hall–Kier alpha value is -1.95. The van der Waals surface area contributed by atoms with E-state index in [4.69, 9.17) is 4.74 Å². The molecule has 5 nitrogen and oxygen atoms in total. The van der Waals surface area contributed by atoms with Crippen LogP contribution in [0.25, 0.3) is 0 Å². The summed E-state index contributed by atoms with van der Waals surface area (Å²) in [5.74, 6) is 1.58. The van der Waals surface area contributed by atoms with Crippen molar-refractivity contribution in [2.24, 2.45) is 7.05 Å². The van der Waals surface area contributed by atoms with Crippen molar-refractivity contribution in [3.05, 3.63) is 48.0 Å². The number of hydrogen-bond acceptors (Lipinski definition) is 4. The van der Waals surface area contributed by atoms with Crippen LogP contribution in [-0.4, -0.2) is 34.1 Å². The van der Waals surface area contributed by atoms with E-state index in [0.29, 0.717) is 0 Å². The summed E-state index contributed by atoms with van der Waals surface area (Å²) in [5.41, 5.74) is 0.969. The summed E-state index contributed by atoms with van der Waals surface area (Å²) in [6.45, 7) is 1.89. The Morgan fingerprint density at radius 2 is 2.05 bits per heavy atom. The van der Waals surface area contributed by atoms with Gasteiger partial charge in [-0.1, -0.05) is 12.1 Å². The van der Waals surface area contributed by atoms with Crippen LogP contribution in [0, 0.1) is 0 Å². The summed E-state index contributed by atoms with van der Waals surface area (Å²) in [6, 6.07) is 7.38. The van der Waals surface area contributed by atoms with Crippen molar-refractivity contribution in [2.75, 3.05) is 13.4 Å². The van der Waals surface area contributed by atoms with E-state index in [2.05, 4.69) is 10.3 Å². The molecule has 0 saturated carbocycles. The molecule has 118 valence electrons. The Balaban J connectivity index is 2.32. The van der Waals surface area contributed by atoms with E-state index >= 15 is 0 Å². The number of rotatable bonds is 6. The van der Waals surface area contributed by atoms with E-state index in [0.717, 1.165) is 17.1 Å². The third-order valence-corrected chi connectivity index (χ3v) is 4.50. The van der Waals surface area contributed by atoms with Crippen LogP contribution < -0.4 is 10.1 Å². The number of ether oxygens (including phenoxy) is 1. The monoisotopic (exact) mass is 319 g/mol. The van der Waals surface area contributed by atoms with Crippen molar-refractivity contribution in [1.82, 2.24) is 14.9 Å². The predicted octanol–water partition coefficient (Wildman–Crippen LogP) is 2.39. The molecular formula is C16H21N3O2S. The van der Waals surface area contributed by atoms with E-state index in [1.807, 2.05) is 55.3 Å². The first-order valence-electron chi connectivity index (χ1n) is 7.01. The number of hydrogen-bond donors (Lipinski definition) is 1. The van der Waals surface area contributed by atoms with Gasteiger partial charge in [0.1, 0.15) is 17.6 Å². The van der Waals surface area contributed by atoms with Gasteiger partial charge in [0.2, 0.25) is 5.91 Å². The lowest BCUT2D eigenvalue weighted by atomic mass is 10.1. The minimum atomic E-state index is -0.284. The number of aryl methyl sites for hydroxylation is 1. The first-order valence-corrected chi connectivity index (χ1v) is 8.30. The van der Waals surface area contributed by atoms with Crippen molar-refractivity contribution < 1.29 is 9.53 Å². The van der Waals surface area contributed by atoms with Gasteiger partial charge in [0.15, 0.2) is 0 Å². The van der Waals surface area contributed by atoms with E-state index in [1.165, 1.54) is 11.8 Å². The number of nitrogens with one attached hydrogen (secondary N) is 1. The lowest BCUT2D eigenvalue weighted by Crippen LogP contribution is -2.36. The molecule has 0 saturated heterocycles. The topological polar surface area (TPSA) is 56.1 Å². The average molecular weight is 319 g/mol. The second kappa shape index (κ2) is 7.35. The van der Waals surface area contributed by atoms with Crippen molar-refractivity contribution >= 4 is 17.7 Å². The van der Waals surface area contributed by atoms with E-state index in [9.17, 15) is 4.79 Å². The molecule has 0 spiro atoms. The molecule has 2 rings (SSSR count). The Morgan fingerprint density at radius 3 is 2.55 bits per heavy atom. The molecule has 1 aromatic carbocycles. The molecule has 2 atom stereocenters. The highest BCUT2D eigenvalue weighted by molar-refractivity contribution is 7.99. The molecule has 0 bridgehead atoms. The van der Waals surface area contributed by atoms with Gasteiger partial charge in [0.05, 0.1) is 12.4 Å². The highest BCUT2D eigenvalue weighted by Crippen LogP contribution is 2.23. The number of methoxy groups -OCH3 is 1. The Kier molecular flexibility index (Phi) is 5.49. The van der Waals surface area contributed by atoms with Gasteiger partial charge in [-0.2, -0.15) is 11.8 Å². The van der Waals surface area contributed by atoms with Crippen molar-refractivity contribution in [3.8, 4) is 5.75 Å². The van der Waals surface area contributed by atoms with Gasteiger partial charge in [-0.15, -0.1) is 0 Å². The van der Waals surface area contributed by atoms with Gasteiger partial charge >= 0.3 is 0 Å². The summed E-state index contributed by atoms with van der Waals surface area (Å²) < 4.78 is 7.10. The van der Waals surface area contributed by atoms with E-state index < -0.39 is 0 Å². The minimum Gasteiger partial charge on any atom is -0.497 e. The molecule has 6 heteroatoms. The Labute approximate surface area is 135 Å². The van der Waals surface area contributed by atoms with Gasteiger partial charge in [0, 0.05) is 19.4 Å². The lowest BCUT2D eigenvalue weighted by Gasteiger charge is -2.21. The van der Waals surface area contributed by atoms with E-state index in [1.54, 1.807) is 13.3 Å². The third-order valence-electron chi connectivity index (χ3n) is 3.58. The fraction of sp³-hybridized carbons (Fsp3) is 0.375. The highest BCUT2D eigenvalue weighted by Gasteiger charge is 2.23. The SMILES string of the molecule is COc1ccc([C@H](NC(=O)[C@@H](C)SC)c2nccn2C)cc1. The molecule has 1 N–H and O–H groups in total. The predicted molar refractivity (Wildman–Crippen MR) is 89.2 cm³/mol. The quantitative estimate of drug-likeness (QED) is 0.888. The van der Waals surface area contributed by atoms with Crippen LogP contribution >= 0.6 is 11.8 Å². The molecule has 1 amide bonds. The largest absolute Gasteiger partial charge is 0.497 e. The fourth-order valence-electron chi connectivity index (χ4n) is 2.12. The fourth-order valence-corrected chi connectivity index (χ4v) is 2.40. The zero-order valence-electron chi connectivity index (χ0n) is 13.2. The maximum Gasteiger partial charge on any atom is 0.233 e. The third kappa shape index (κ3) is 3.62. The first-order chi connectivity index (χ1) is 10.6. The molecule has 0 aliphatic carbocycles. The number of benzene rings is 1. The maximum absolute atomic E-state index is 12.3. The van der Waals surface area contributed by atoms with Crippen LogP contribution in [0.4, 0.5) is 0 Å². The smallest absolute Gasteiger partial charge is 0.233 e. The number of carbonyl (C=O) groups is 1.